The van der Waals surface area contributed by atoms with Crippen molar-refractivity contribution in [3.8, 4) is 17.1 Å². The highest BCUT2D eigenvalue weighted by Crippen LogP contribution is 2.34. The van der Waals surface area contributed by atoms with Crippen LogP contribution in [0.5, 0.6) is 5.75 Å². The molecule has 1 heterocycles. The fourth-order valence-electron chi connectivity index (χ4n) is 2.40. The number of carbonyl (C=O) groups is 2. The summed E-state index contributed by atoms with van der Waals surface area (Å²) in [4.78, 5) is 29.5. The molecule has 26 heavy (non-hydrogen) atoms. The van der Waals surface area contributed by atoms with Gasteiger partial charge in [-0.05, 0) is 39.0 Å². The maximum Gasteiger partial charge on any atom is 0.315 e. The molecule has 0 atom stereocenters. The van der Waals surface area contributed by atoms with Crippen molar-refractivity contribution in [3.05, 3.63) is 29.6 Å². The van der Waals surface area contributed by atoms with Gasteiger partial charge < -0.3 is 14.8 Å². The zero-order valence-electron chi connectivity index (χ0n) is 14.5. The van der Waals surface area contributed by atoms with Gasteiger partial charge in [-0.25, -0.2) is 4.98 Å². The van der Waals surface area contributed by atoms with Crippen molar-refractivity contribution >= 4 is 22.1 Å². The molecule has 0 aliphatic rings. The summed E-state index contributed by atoms with van der Waals surface area (Å²) in [6, 6.07) is 3.37. The number of carbonyl (C=O) groups excluding carboxylic acids is 1. The summed E-state index contributed by atoms with van der Waals surface area (Å²) < 4.78 is 37.1. The van der Waals surface area contributed by atoms with E-state index < -0.39 is 32.4 Å². The average molecular weight is 382 g/mol. The van der Waals surface area contributed by atoms with Crippen molar-refractivity contribution in [1.29, 1.82) is 0 Å². The largest absolute Gasteiger partial charge is 0.481 e. The second-order valence-electron chi connectivity index (χ2n) is 6.22. The molecule has 0 fully saturated rings. The molecule has 0 amide bonds. The number of imidazole rings is 1. The summed E-state index contributed by atoms with van der Waals surface area (Å²) in [5, 5.41) is 9.39. The summed E-state index contributed by atoms with van der Waals surface area (Å²) in [6.07, 6.45) is 0. The van der Waals surface area contributed by atoms with Gasteiger partial charge in [-0.3, -0.25) is 14.1 Å². The Morgan fingerprint density at radius 2 is 1.88 bits per heavy atom. The van der Waals surface area contributed by atoms with Crippen molar-refractivity contribution in [3.63, 3.8) is 0 Å². The van der Waals surface area contributed by atoms with E-state index in [9.17, 15) is 27.7 Å². The second-order valence-corrected chi connectivity index (χ2v) is 7.64. The summed E-state index contributed by atoms with van der Waals surface area (Å²) in [6.45, 7) is 5.75. The molecule has 0 aliphatic carbocycles. The van der Waals surface area contributed by atoms with Gasteiger partial charge in [0.1, 0.15) is 17.0 Å². The van der Waals surface area contributed by atoms with E-state index in [0.29, 0.717) is 5.69 Å². The van der Waals surface area contributed by atoms with E-state index in [-0.39, 0.29) is 22.8 Å². The van der Waals surface area contributed by atoms with E-state index in [2.05, 4.69) is 9.97 Å². The quantitative estimate of drug-likeness (QED) is 0.404. The number of aromatic nitrogens is 2. The molecule has 140 valence electrons. The lowest BCUT2D eigenvalue weighted by Gasteiger charge is -2.17. The minimum Gasteiger partial charge on any atom is -0.481 e. The standard InChI is InChI=1S/C16H18N2O7S/c1-8-13(16(3,4)15(20)21)18-14(17-8)11-7-10(26(22,23)24)5-6-12(11)25-9(2)19/h5-7H,1-4H3,(H,17,18)(H,20,21)(H,22,23,24). The second kappa shape index (κ2) is 6.54. The van der Waals surface area contributed by atoms with Crippen LogP contribution < -0.4 is 4.74 Å². The number of nitrogens with zero attached hydrogens (tertiary/aromatic N) is 1. The number of aryl methyl sites for hydroxylation is 1. The molecule has 9 nitrogen and oxygen atoms in total. The van der Waals surface area contributed by atoms with Crippen LogP contribution in [0, 0.1) is 6.92 Å². The monoisotopic (exact) mass is 382 g/mol. The van der Waals surface area contributed by atoms with E-state index in [1.54, 1.807) is 6.92 Å². The smallest absolute Gasteiger partial charge is 0.315 e. The molecule has 2 rings (SSSR count). The van der Waals surface area contributed by atoms with Crippen LogP contribution in [0.25, 0.3) is 11.4 Å². The Labute approximate surface area is 149 Å². The third kappa shape index (κ3) is 3.75. The van der Waals surface area contributed by atoms with Crippen molar-refractivity contribution in [2.75, 3.05) is 0 Å². The summed E-state index contributed by atoms with van der Waals surface area (Å²) in [5.41, 5.74) is -0.517. The first-order valence-corrected chi connectivity index (χ1v) is 8.89. The molecule has 1 aromatic carbocycles. The van der Waals surface area contributed by atoms with Gasteiger partial charge in [0.15, 0.2) is 0 Å². The molecule has 3 N–H and O–H groups in total. The van der Waals surface area contributed by atoms with Crippen molar-refractivity contribution < 1.29 is 32.4 Å². The molecule has 0 bridgehead atoms. The lowest BCUT2D eigenvalue weighted by atomic mass is 9.88. The number of rotatable bonds is 5. The number of esters is 1. The Morgan fingerprint density at radius 1 is 1.27 bits per heavy atom. The van der Waals surface area contributed by atoms with Crippen molar-refractivity contribution in [2.45, 2.75) is 38.0 Å². The maximum absolute atomic E-state index is 11.5. The topological polar surface area (TPSA) is 147 Å². The number of carboxylic acid groups (broad SMARTS) is 1. The normalized spacial score (nSPS) is 12.0. The van der Waals surface area contributed by atoms with Gasteiger partial charge in [-0.2, -0.15) is 8.42 Å². The van der Waals surface area contributed by atoms with E-state index in [0.717, 1.165) is 12.1 Å². The van der Waals surface area contributed by atoms with E-state index in [4.69, 9.17) is 4.74 Å². The SMILES string of the molecule is CC(=O)Oc1ccc(S(=O)(=O)O)cc1-c1nc(C(C)(C)C(=O)O)c(C)[nH]1. The van der Waals surface area contributed by atoms with Crippen LogP contribution in [0.15, 0.2) is 23.1 Å². The number of H-pyrrole nitrogens is 1. The molecule has 1 aromatic heterocycles. The molecule has 0 unspecified atom stereocenters. The number of hydrogen-bond donors (Lipinski definition) is 3. The Balaban J connectivity index is 2.70. The maximum atomic E-state index is 11.5. The predicted octanol–water partition coefficient (Wildman–Crippen LogP) is 1.92. The Bertz CT molecular complexity index is 990. The lowest BCUT2D eigenvalue weighted by molar-refractivity contribution is -0.142. The molecule has 2 aromatic rings. The molecular formula is C16H18N2O7S. The van der Waals surface area contributed by atoms with Gasteiger partial charge in [0.25, 0.3) is 10.1 Å². The summed E-state index contributed by atoms with van der Waals surface area (Å²) in [5.74, 6) is -1.61. The third-order valence-corrected chi connectivity index (χ3v) is 4.62. The van der Waals surface area contributed by atoms with E-state index >= 15 is 0 Å². The molecule has 0 radical (unpaired) electrons. The van der Waals surface area contributed by atoms with Gasteiger partial charge in [0.2, 0.25) is 0 Å². The average Bonchev–Trinajstić information content (AvgIpc) is 2.88. The first-order chi connectivity index (χ1) is 11.8. The number of ether oxygens (including phenoxy) is 1. The predicted molar refractivity (Wildman–Crippen MR) is 90.5 cm³/mol. The fourth-order valence-corrected chi connectivity index (χ4v) is 2.90. The van der Waals surface area contributed by atoms with Crippen molar-refractivity contribution in [1.82, 2.24) is 9.97 Å². The molecule has 0 saturated heterocycles. The molecule has 0 aliphatic heterocycles. The highest BCUT2D eigenvalue weighted by molar-refractivity contribution is 7.85. The van der Waals surface area contributed by atoms with Crippen LogP contribution in [0.4, 0.5) is 0 Å². The van der Waals surface area contributed by atoms with Crippen LogP contribution in [-0.2, 0) is 25.1 Å². The Kier molecular flexibility index (Phi) is 4.93. The van der Waals surface area contributed by atoms with Crippen molar-refractivity contribution in [2.24, 2.45) is 0 Å². The van der Waals surface area contributed by atoms with Crippen LogP contribution in [0.2, 0.25) is 0 Å². The van der Waals surface area contributed by atoms with Gasteiger partial charge in [-0.15, -0.1) is 0 Å². The Morgan fingerprint density at radius 3 is 2.38 bits per heavy atom. The number of hydrogen-bond acceptors (Lipinski definition) is 6. The summed E-state index contributed by atoms with van der Waals surface area (Å²) >= 11 is 0. The molecule has 0 spiro atoms. The number of nitrogens with one attached hydrogen (secondary N) is 1. The van der Waals surface area contributed by atoms with Gasteiger partial charge >= 0.3 is 11.9 Å². The number of aromatic amines is 1. The molecular weight excluding hydrogens is 364 g/mol. The van der Waals surface area contributed by atoms with Crippen LogP contribution in [0.3, 0.4) is 0 Å². The minimum absolute atomic E-state index is 0.0123. The summed E-state index contributed by atoms with van der Waals surface area (Å²) in [7, 11) is -4.50. The van der Waals surface area contributed by atoms with Crippen LogP contribution >= 0.6 is 0 Å². The zero-order chi connectivity index (χ0) is 19.9. The fraction of sp³-hybridized carbons (Fsp3) is 0.312. The first kappa shape index (κ1) is 19.6. The Hall–Kier alpha value is -2.72. The lowest BCUT2D eigenvalue weighted by Crippen LogP contribution is -2.29. The number of aliphatic carboxylic acids is 1. The van der Waals surface area contributed by atoms with Gasteiger partial charge in [0.05, 0.1) is 16.2 Å². The molecule has 10 heteroatoms. The highest BCUT2D eigenvalue weighted by atomic mass is 32.2. The van der Waals surface area contributed by atoms with Gasteiger partial charge in [-0.1, -0.05) is 0 Å². The number of benzene rings is 1. The van der Waals surface area contributed by atoms with Gasteiger partial charge in [0, 0.05) is 12.6 Å². The van der Waals surface area contributed by atoms with Crippen LogP contribution in [0.1, 0.15) is 32.2 Å². The minimum atomic E-state index is -4.50. The highest BCUT2D eigenvalue weighted by Gasteiger charge is 2.34. The van der Waals surface area contributed by atoms with E-state index in [1.165, 1.54) is 26.8 Å². The molecule has 0 saturated carbocycles. The zero-order valence-corrected chi connectivity index (χ0v) is 15.3. The number of carboxylic acids is 1. The third-order valence-electron chi connectivity index (χ3n) is 3.77. The van der Waals surface area contributed by atoms with Crippen LogP contribution in [-0.4, -0.2) is 40.0 Å². The first-order valence-electron chi connectivity index (χ1n) is 7.45. The van der Waals surface area contributed by atoms with E-state index in [1.807, 2.05) is 0 Å².